The molecule has 0 spiro atoms. The minimum Gasteiger partial charge on any atom is -0.345 e. The van der Waals surface area contributed by atoms with Crippen LogP contribution in [0.4, 0.5) is 0 Å². The van der Waals surface area contributed by atoms with Gasteiger partial charge in [0.1, 0.15) is 5.82 Å². The minimum absolute atomic E-state index is 0.115. The lowest BCUT2D eigenvalue weighted by molar-refractivity contribution is 0.102. The zero-order valence-electron chi connectivity index (χ0n) is 16.7. The van der Waals surface area contributed by atoms with E-state index in [0.717, 1.165) is 40.9 Å². The number of nitrogens with zero attached hydrogens (tertiary/aromatic N) is 4. The average Bonchev–Trinajstić information content (AvgIpc) is 3.22. The molecule has 0 saturated heterocycles. The van der Waals surface area contributed by atoms with Gasteiger partial charge in [-0.2, -0.15) is 0 Å². The quantitative estimate of drug-likeness (QED) is 0.305. The monoisotopic (exact) mass is 394 g/mol. The van der Waals surface area contributed by atoms with E-state index in [4.69, 9.17) is 0 Å². The first-order chi connectivity index (χ1) is 13.5. The predicted octanol–water partition coefficient (Wildman–Crippen LogP) is 4.47. The van der Waals surface area contributed by atoms with E-state index in [2.05, 4.69) is 45.0 Å². The molecule has 0 N–H and O–H groups in total. The highest BCUT2D eigenvalue weighted by Crippen LogP contribution is 2.22. The summed E-state index contributed by atoms with van der Waals surface area (Å²) in [6, 6.07) is 12.2. The van der Waals surface area contributed by atoms with Crippen LogP contribution in [0.5, 0.6) is 0 Å². The maximum atomic E-state index is 12.8. The number of thioether (sulfide) groups is 1. The Morgan fingerprint density at radius 2 is 1.93 bits per heavy atom. The van der Waals surface area contributed by atoms with E-state index in [9.17, 15) is 4.79 Å². The third-order valence-corrected chi connectivity index (χ3v) is 5.80. The zero-order chi connectivity index (χ0) is 20.1. The summed E-state index contributed by atoms with van der Waals surface area (Å²) >= 11 is 1.45. The van der Waals surface area contributed by atoms with Crippen molar-refractivity contribution in [1.29, 1.82) is 0 Å². The number of aryl methyl sites for hydroxylation is 1. The van der Waals surface area contributed by atoms with Gasteiger partial charge in [0.05, 0.1) is 5.75 Å². The zero-order valence-corrected chi connectivity index (χ0v) is 17.5. The number of carbonyl (C=O) groups is 1. The number of ketones is 1. The Bertz CT molecular complexity index is 972. The van der Waals surface area contributed by atoms with Gasteiger partial charge in [0.15, 0.2) is 10.9 Å². The van der Waals surface area contributed by atoms with Crippen molar-refractivity contribution in [3.8, 4) is 0 Å². The van der Waals surface area contributed by atoms with Gasteiger partial charge in [-0.3, -0.25) is 4.79 Å². The normalized spacial score (nSPS) is 11.0. The fourth-order valence-electron chi connectivity index (χ4n) is 3.35. The van der Waals surface area contributed by atoms with Gasteiger partial charge in [0.2, 0.25) is 0 Å². The number of hydrogen-bond acceptors (Lipinski definition) is 4. The molecule has 0 amide bonds. The molecule has 0 atom stereocenters. The predicted molar refractivity (Wildman–Crippen MR) is 114 cm³/mol. The fourth-order valence-corrected chi connectivity index (χ4v) is 4.26. The van der Waals surface area contributed by atoms with Crippen molar-refractivity contribution >= 4 is 17.5 Å². The number of allylic oxidation sites excluding steroid dienone is 1. The van der Waals surface area contributed by atoms with Gasteiger partial charge in [-0.25, -0.2) is 0 Å². The highest BCUT2D eigenvalue weighted by Gasteiger charge is 2.18. The van der Waals surface area contributed by atoms with Crippen molar-refractivity contribution in [3.05, 3.63) is 77.4 Å². The SMILES string of the molecule is C=CCn1c(C)cc(C(=O)CSc2nnc(Cc3ccccc3)n2CC)c1C. The molecule has 5 nitrogen and oxygen atoms in total. The van der Waals surface area contributed by atoms with Gasteiger partial charge in [-0.1, -0.05) is 48.2 Å². The van der Waals surface area contributed by atoms with Crippen LogP contribution < -0.4 is 0 Å². The van der Waals surface area contributed by atoms with E-state index in [0.29, 0.717) is 12.3 Å². The highest BCUT2D eigenvalue weighted by molar-refractivity contribution is 7.99. The van der Waals surface area contributed by atoms with Gasteiger partial charge in [-0.15, -0.1) is 16.8 Å². The summed E-state index contributed by atoms with van der Waals surface area (Å²) in [7, 11) is 0. The molecule has 0 unspecified atom stereocenters. The second kappa shape index (κ2) is 9.06. The lowest BCUT2D eigenvalue weighted by Gasteiger charge is -2.08. The Labute approximate surface area is 170 Å². The topological polar surface area (TPSA) is 52.7 Å². The molecule has 1 aromatic carbocycles. The number of rotatable bonds is 9. The largest absolute Gasteiger partial charge is 0.345 e. The molecule has 0 radical (unpaired) electrons. The van der Waals surface area contributed by atoms with Crippen molar-refractivity contribution in [2.45, 2.75) is 45.4 Å². The smallest absolute Gasteiger partial charge is 0.191 e. The Kier molecular flexibility index (Phi) is 6.52. The summed E-state index contributed by atoms with van der Waals surface area (Å²) in [5.41, 5.74) is 4.04. The van der Waals surface area contributed by atoms with Crippen LogP contribution in [0.2, 0.25) is 0 Å². The molecule has 0 aliphatic carbocycles. The number of benzene rings is 1. The molecule has 0 saturated carbocycles. The van der Waals surface area contributed by atoms with Gasteiger partial charge in [0, 0.05) is 36.5 Å². The molecule has 0 aliphatic heterocycles. The van der Waals surface area contributed by atoms with Crippen LogP contribution in [0.3, 0.4) is 0 Å². The summed E-state index contributed by atoms with van der Waals surface area (Å²) in [6.45, 7) is 11.4. The summed E-state index contributed by atoms with van der Waals surface area (Å²) in [4.78, 5) is 12.8. The van der Waals surface area contributed by atoms with E-state index in [-0.39, 0.29) is 5.78 Å². The first kappa shape index (κ1) is 20.1. The average molecular weight is 395 g/mol. The third-order valence-electron chi connectivity index (χ3n) is 4.83. The van der Waals surface area contributed by atoms with E-state index >= 15 is 0 Å². The minimum atomic E-state index is 0.115. The van der Waals surface area contributed by atoms with Crippen LogP contribution in [0.25, 0.3) is 0 Å². The molecule has 2 aromatic heterocycles. The molecular formula is C22H26N4OS. The van der Waals surface area contributed by atoms with Crippen molar-refractivity contribution in [2.75, 3.05) is 5.75 Å². The van der Waals surface area contributed by atoms with Gasteiger partial charge < -0.3 is 9.13 Å². The lowest BCUT2D eigenvalue weighted by atomic mass is 10.1. The van der Waals surface area contributed by atoms with Gasteiger partial charge in [-0.05, 0) is 32.4 Å². The second-order valence-corrected chi connectivity index (χ2v) is 7.64. The van der Waals surface area contributed by atoms with Crippen molar-refractivity contribution in [1.82, 2.24) is 19.3 Å². The Morgan fingerprint density at radius 3 is 2.61 bits per heavy atom. The number of hydrogen-bond donors (Lipinski definition) is 0. The third kappa shape index (κ3) is 4.28. The van der Waals surface area contributed by atoms with E-state index in [1.807, 2.05) is 44.2 Å². The lowest BCUT2D eigenvalue weighted by Crippen LogP contribution is -2.08. The number of aromatic nitrogens is 4. The van der Waals surface area contributed by atoms with E-state index < -0.39 is 0 Å². The molecule has 0 fully saturated rings. The molecule has 28 heavy (non-hydrogen) atoms. The van der Waals surface area contributed by atoms with Crippen LogP contribution in [0.15, 0.2) is 54.2 Å². The van der Waals surface area contributed by atoms with Crippen LogP contribution in [-0.2, 0) is 19.5 Å². The Balaban J connectivity index is 1.72. The molecule has 6 heteroatoms. The van der Waals surface area contributed by atoms with Gasteiger partial charge in [0.25, 0.3) is 0 Å². The maximum Gasteiger partial charge on any atom is 0.191 e. The summed E-state index contributed by atoms with van der Waals surface area (Å²) < 4.78 is 4.20. The van der Waals surface area contributed by atoms with Crippen LogP contribution in [0.1, 0.15) is 40.1 Å². The number of carbonyl (C=O) groups excluding carboxylic acids is 1. The molecule has 0 bridgehead atoms. The van der Waals surface area contributed by atoms with Crippen LogP contribution >= 0.6 is 11.8 Å². The van der Waals surface area contributed by atoms with Gasteiger partial charge >= 0.3 is 0 Å². The second-order valence-electron chi connectivity index (χ2n) is 6.70. The molecule has 0 aliphatic rings. The van der Waals surface area contributed by atoms with Crippen LogP contribution in [0, 0.1) is 13.8 Å². The number of Topliss-reactive ketones (excluding diaryl/α,β-unsaturated/α-hetero) is 1. The molecular weight excluding hydrogens is 368 g/mol. The molecule has 3 aromatic rings. The Morgan fingerprint density at radius 1 is 1.18 bits per heavy atom. The molecule has 146 valence electrons. The molecule has 3 rings (SSSR count). The van der Waals surface area contributed by atoms with Crippen LogP contribution in [-0.4, -0.2) is 30.9 Å². The van der Waals surface area contributed by atoms with Crippen molar-refractivity contribution in [3.63, 3.8) is 0 Å². The molecule has 2 heterocycles. The van der Waals surface area contributed by atoms with E-state index in [1.165, 1.54) is 17.3 Å². The first-order valence-electron chi connectivity index (χ1n) is 9.44. The van der Waals surface area contributed by atoms with Crippen molar-refractivity contribution < 1.29 is 4.79 Å². The fraction of sp³-hybridized carbons (Fsp3) is 0.318. The first-order valence-corrected chi connectivity index (χ1v) is 10.4. The van der Waals surface area contributed by atoms with Crippen molar-refractivity contribution in [2.24, 2.45) is 0 Å². The van der Waals surface area contributed by atoms with E-state index in [1.54, 1.807) is 0 Å². The highest BCUT2D eigenvalue weighted by atomic mass is 32.2. The Hall–Kier alpha value is -2.60. The standard InChI is InChI=1S/C22H26N4OS/c1-5-12-26-16(3)13-19(17(26)4)20(27)15-28-22-24-23-21(25(22)6-2)14-18-10-8-7-9-11-18/h5,7-11,13H,1,6,12,14-15H2,2-4H3. The summed E-state index contributed by atoms with van der Waals surface area (Å²) in [6.07, 6.45) is 2.58. The summed E-state index contributed by atoms with van der Waals surface area (Å²) in [5, 5.41) is 9.48. The summed E-state index contributed by atoms with van der Waals surface area (Å²) in [5.74, 6) is 1.39. The maximum absolute atomic E-state index is 12.8.